The number of ether oxygens (including phenoxy) is 1. The van der Waals surface area contributed by atoms with Crippen LogP contribution in [0.5, 0.6) is 5.75 Å². The van der Waals surface area contributed by atoms with Crippen LogP contribution >= 0.6 is 0 Å². The summed E-state index contributed by atoms with van der Waals surface area (Å²) in [6, 6.07) is 13.4. The summed E-state index contributed by atoms with van der Waals surface area (Å²) in [5, 5.41) is 7.29. The molecule has 1 saturated carbocycles. The summed E-state index contributed by atoms with van der Waals surface area (Å²) in [5.74, 6) is 1.56. The Bertz CT molecular complexity index is 1190. The zero-order valence-electron chi connectivity index (χ0n) is 19.5. The van der Waals surface area contributed by atoms with Crippen LogP contribution in [-0.2, 0) is 11.2 Å². The molecule has 1 aliphatic carbocycles. The van der Waals surface area contributed by atoms with E-state index in [0.29, 0.717) is 5.82 Å². The molecule has 9 nitrogen and oxygen atoms in total. The Morgan fingerprint density at radius 1 is 1.12 bits per heavy atom. The van der Waals surface area contributed by atoms with Crippen molar-refractivity contribution >= 4 is 34.5 Å². The van der Waals surface area contributed by atoms with Crippen LogP contribution in [-0.4, -0.2) is 41.0 Å². The van der Waals surface area contributed by atoms with Crippen LogP contribution in [0, 0.1) is 6.92 Å². The minimum atomic E-state index is -0.196. The van der Waals surface area contributed by atoms with E-state index in [-0.39, 0.29) is 36.3 Å². The van der Waals surface area contributed by atoms with Crippen molar-refractivity contribution in [3.63, 3.8) is 0 Å². The normalized spacial score (nSPS) is 17.7. The monoisotopic (exact) mass is 461 g/mol. The molecule has 0 radical (unpaired) electrons. The van der Waals surface area contributed by atoms with Gasteiger partial charge in [-0.05, 0) is 49.6 Å². The average Bonchev–Trinajstić information content (AvgIpc) is 2.81. The zero-order valence-corrected chi connectivity index (χ0v) is 19.5. The van der Waals surface area contributed by atoms with Gasteiger partial charge in [-0.25, -0.2) is 9.98 Å². The molecule has 0 aliphatic heterocycles. The van der Waals surface area contributed by atoms with Crippen LogP contribution in [0.2, 0.25) is 0 Å². The van der Waals surface area contributed by atoms with Gasteiger partial charge in [-0.15, -0.1) is 0 Å². The number of hydrogen-bond acceptors (Lipinski definition) is 6. The number of rotatable bonds is 7. The standard InChI is InChI=1S/C25H31N7O2/c1-15-7-12-19-18(13-15)23(28-20-5-3-4-6-21(20)29-24(26)27)32-25(30-19)31-22(33)14-16-8-10-17(34-2)11-9-16/h7-13,20-21H,3-6,14H2,1-2H3,(H4,26,27,29)(H2,28,30,31,32,33)/t20-,21+/m0/s1. The van der Waals surface area contributed by atoms with Crippen LogP contribution in [0.1, 0.15) is 36.8 Å². The molecule has 1 heterocycles. The first-order valence-electron chi connectivity index (χ1n) is 11.5. The van der Waals surface area contributed by atoms with Gasteiger partial charge in [0.15, 0.2) is 5.96 Å². The highest BCUT2D eigenvalue weighted by Gasteiger charge is 2.26. The number of aromatic nitrogens is 2. The van der Waals surface area contributed by atoms with E-state index in [1.165, 1.54) is 0 Å². The maximum atomic E-state index is 12.7. The fourth-order valence-corrected chi connectivity index (χ4v) is 4.31. The number of methoxy groups -OCH3 is 1. The Hall–Kier alpha value is -3.88. The van der Waals surface area contributed by atoms with Gasteiger partial charge in [-0.1, -0.05) is 36.6 Å². The van der Waals surface area contributed by atoms with Crippen molar-refractivity contribution in [1.29, 1.82) is 0 Å². The van der Waals surface area contributed by atoms with E-state index in [4.69, 9.17) is 16.2 Å². The van der Waals surface area contributed by atoms with Crippen molar-refractivity contribution in [1.82, 2.24) is 9.97 Å². The molecule has 2 atom stereocenters. The molecule has 9 heteroatoms. The minimum absolute atomic E-state index is 0.0262. The van der Waals surface area contributed by atoms with Crippen LogP contribution < -0.4 is 26.8 Å². The highest BCUT2D eigenvalue weighted by molar-refractivity contribution is 5.95. The molecule has 4 rings (SSSR count). The molecular weight excluding hydrogens is 430 g/mol. The highest BCUT2D eigenvalue weighted by Crippen LogP contribution is 2.29. The largest absolute Gasteiger partial charge is 0.497 e. The van der Waals surface area contributed by atoms with Crippen molar-refractivity contribution in [2.45, 2.75) is 51.1 Å². The Kier molecular flexibility index (Phi) is 7.10. The molecule has 0 unspecified atom stereocenters. The van der Waals surface area contributed by atoms with Gasteiger partial charge in [0.05, 0.1) is 31.1 Å². The van der Waals surface area contributed by atoms with Gasteiger partial charge in [-0.2, -0.15) is 4.98 Å². The van der Waals surface area contributed by atoms with Gasteiger partial charge in [0.1, 0.15) is 11.6 Å². The van der Waals surface area contributed by atoms with E-state index < -0.39 is 0 Å². The number of fused-ring (bicyclic) bond motifs is 1. The third-order valence-electron chi connectivity index (χ3n) is 5.99. The van der Waals surface area contributed by atoms with Gasteiger partial charge in [0, 0.05) is 5.39 Å². The Labute approximate surface area is 199 Å². The van der Waals surface area contributed by atoms with Crippen LogP contribution in [0.3, 0.4) is 0 Å². The van der Waals surface area contributed by atoms with Crippen molar-refractivity contribution in [3.05, 3.63) is 53.6 Å². The van der Waals surface area contributed by atoms with Gasteiger partial charge < -0.3 is 21.5 Å². The molecule has 1 aliphatic rings. The lowest BCUT2D eigenvalue weighted by atomic mass is 9.90. The fraction of sp³-hybridized carbons (Fsp3) is 0.360. The molecule has 0 saturated heterocycles. The summed E-state index contributed by atoms with van der Waals surface area (Å²) in [6.07, 6.45) is 4.20. The van der Waals surface area contributed by atoms with Crippen molar-refractivity contribution < 1.29 is 9.53 Å². The molecule has 34 heavy (non-hydrogen) atoms. The SMILES string of the molecule is COc1ccc(CC(=O)Nc2nc(N[C@H]3CCCC[C@H]3N=C(N)N)c3cc(C)ccc3n2)cc1. The quantitative estimate of drug-likeness (QED) is 0.313. The fourth-order valence-electron chi connectivity index (χ4n) is 4.31. The first-order valence-corrected chi connectivity index (χ1v) is 11.5. The van der Waals surface area contributed by atoms with Crippen LogP contribution in [0.25, 0.3) is 10.9 Å². The number of benzene rings is 2. The first-order chi connectivity index (χ1) is 16.4. The number of aliphatic imine (C=N–C) groups is 1. The summed E-state index contributed by atoms with van der Waals surface area (Å²) < 4.78 is 5.17. The summed E-state index contributed by atoms with van der Waals surface area (Å²) in [7, 11) is 1.61. The molecule has 2 aromatic carbocycles. The first kappa shape index (κ1) is 23.3. The highest BCUT2D eigenvalue weighted by atomic mass is 16.5. The zero-order chi connectivity index (χ0) is 24.1. The Morgan fingerprint density at radius 3 is 2.62 bits per heavy atom. The number of anilines is 2. The van der Waals surface area contributed by atoms with E-state index >= 15 is 0 Å². The van der Waals surface area contributed by atoms with Crippen LogP contribution in [0.15, 0.2) is 47.5 Å². The number of hydrogen-bond donors (Lipinski definition) is 4. The Morgan fingerprint density at radius 2 is 1.88 bits per heavy atom. The van der Waals surface area contributed by atoms with E-state index in [2.05, 4.69) is 25.6 Å². The number of amides is 1. The van der Waals surface area contributed by atoms with Gasteiger partial charge in [0.2, 0.25) is 11.9 Å². The van der Waals surface area contributed by atoms with Gasteiger partial charge in [0.25, 0.3) is 0 Å². The molecule has 1 aromatic heterocycles. The van der Waals surface area contributed by atoms with Crippen LogP contribution in [0.4, 0.5) is 11.8 Å². The Balaban J connectivity index is 1.59. The molecule has 6 N–H and O–H groups in total. The second kappa shape index (κ2) is 10.4. The lowest BCUT2D eigenvalue weighted by Gasteiger charge is -2.30. The van der Waals surface area contributed by atoms with Crippen molar-refractivity contribution in [2.24, 2.45) is 16.5 Å². The third kappa shape index (κ3) is 5.72. The number of aryl methyl sites for hydroxylation is 1. The van der Waals surface area contributed by atoms with Gasteiger partial charge in [-0.3, -0.25) is 10.1 Å². The summed E-state index contributed by atoms with van der Waals surface area (Å²) in [4.78, 5) is 26.4. The molecule has 0 bridgehead atoms. The lowest BCUT2D eigenvalue weighted by molar-refractivity contribution is -0.115. The summed E-state index contributed by atoms with van der Waals surface area (Å²) in [6.45, 7) is 2.02. The van der Waals surface area contributed by atoms with E-state index in [1.807, 2.05) is 49.4 Å². The molecule has 3 aromatic rings. The molecule has 178 valence electrons. The summed E-state index contributed by atoms with van der Waals surface area (Å²) >= 11 is 0. The molecular formula is C25H31N7O2. The summed E-state index contributed by atoms with van der Waals surface area (Å²) in [5.41, 5.74) is 14.1. The molecule has 1 fully saturated rings. The number of nitrogens with two attached hydrogens (primary N) is 2. The van der Waals surface area contributed by atoms with Crippen molar-refractivity contribution in [3.8, 4) is 5.75 Å². The lowest BCUT2D eigenvalue weighted by Crippen LogP contribution is -2.38. The second-order valence-corrected chi connectivity index (χ2v) is 8.65. The maximum Gasteiger partial charge on any atom is 0.231 e. The minimum Gasteiger partial charge on any atom is -0.497 e. The maximum absolute atomic E-state index is 12.7. The molecule has 0 spiro atoms. The number of carbonyl (C=O) groups is 1. The van der Waals surface area contributed by atoms with Gasteiger partial charge >= 0.3 is 0 Å². The second-order valence-electron chi connectivity index (χ2n) is 8.65. The number of carbonyl (C=O) groups excluding carboxylic acids is 1. The van der Waals surface area contributed by atoms with E-state index in [9.17, 15) is 4.79 Å². The van der Waals surface area contributed by atoms with Crippen molar-refractivity contribution in [2.75, 3.05) is 17.7 Å². The predicted molar refractivity (Wildman–Crippen MR) is 135 cm³/mol. The third-order valence-corrected chi connectivity index (χ3v) is 5.99. The van der Waals surface area contributed by atoms with E-state index in [1.54, 1.807) is 7.11 Å². The van der Waals surface area contributed by atoms with E-state index in [0.717, 1.165) is 53.5 Å². The number of nitrogens with one attached hydrogen (secondary N) is 2. The number of nitrogens with zero attached hydrogens (tertiary/aromatic N) is 3. The molecule has 1 amide bonds. The average molecular weight is 462 g/mol. The number of guanidine groups is 1. The predicted octanol–water partition coefficient (Wildman–Crippen LogP) is 3.12. The topological polar surface area (TPSA) is 141 Å². The smallest absolute Gasteiger partial charge is 0.231 e.